The van der Waals surface area contributed by atoms with Gasteiger partial charge in [0.05, 0.1) is 20.3 Å². The molecule has 0 atom stereocenters. The van der Waals surface area contributed by atoms with Crippen LogP contribution >= 0.6 is 0 Å². The van der Waals surface area contributed by atoms with Gasteiger partial charge in [0.1, 0.15) is 0 Å². The van der Waals surface area contributed by atoms with Gasteiger partial charge in [-0.15, -0.1) is 5.10 Å². The third-order valence-corrected chi connectivity index (χ3v) is 5.07. The van der Waals surface area contributed by atoms with Crippen molar-refractivity contribution in [1.29, 1.82) is 0 Å². The maximum Gasteiger partial charge on any atom is 0.224 e. The molecule has 1 amide bonds. The van der Waals surface area contributed by atoms with Crippen LogP contribution in [0.2, 0.25) is 0 Å². The minimum Gasteiger partial charge on any atom is -0.493 e. The second-order valence-corrected chi connectivity index (χ2v) is 7.30. The fourth-order valence-corrected chi connectivity index (χ4v) is 3.29. The molecule has 31 heavy (non-hydrogen) atoms. The predicted molar refractivity (Wildman–Crippen MR) is 113 cm³/mol. The number of carbonyl (C=O) groups is 2. The van der Waals surface area contributed by atoms with E-state index in [-0.39, 0.29) is 24.5 Å². The monoisotopic (exact) mass is 421 g/mol. The Kier molecular flexibility index (Phi) is 5.92. The van der Waals surface area contributed by atoms with Gasteiger partial charge in [-0.25, -0.2) is 4.68 Å². The number of nitrogens with zero attached hydrogens (tertiary/aromatic N) is 4. The molecule has 3 aromatic rings. The van der Waals surface area contributed by atoms with Crippen LogP contribution in [0.4, 0.5) is 5.69 Å². The van der Waals surface area contributed by atoms with E-state index < -0.39 is 0 Å². The average Bonchev–Trinajstić information content (AvgIpc) is 3.53. The number of anilines is 1. The first-order valence-corrected chi connectivity index (χ1v) is 10.0. The number of rotatable bonds is 9. The number of hydrogen-bond donors (Lipinski definition) is 1. The van der Waals surface area contributed by atoms with Crippen LogP contribution in [0, 0.1) is 0 Å². The number of nitrogens with one attached hydrogen (secondary N) is 1. The minimum atomic E-state index is -0.243. The number of amides is 1. The van der Waals surface area contributed by atoms with Gasteiger partial charge in [0.25, 0.3) is 0 Å². The lowest BCUT2D eigenvalue weighted by atomic mass is 10.1. The van der Waals surface area contributed by atoms with Gasteiger partial charge in [0.2, 0.25) is 5.91 Å². The van der Waals surface area contributed by atoms with E-state index in [1.807, 2.05) is 22.9 Å². The number of Topliss-reactive ketones (excluding diaryl/α,β-unsaturated/α-hetero) is 1. The van der Waals surface area contributed by atoms with Crippen molar-refractivity contribution in [2.45, 2.75) is 31.7 Å². The van der Waals surface area contributed by atoms with Crippen LogP contribution in [0.5, 0.6) is 11.5 Å². The van der Waals surface area contributed by atoms with Crippen LogP contribution in [0.3, 0.4) is 0 Å². The fraction of sp³-hybridized carbons (Fsp3) is 0.318. The molecular formula is C22H23N5O4. The molecule has 1 aliphatic rings. The summed E-state index contributed by atoms with van der Waals surface area (Å²) in [6, 6.07) is 12.7. The van der Waals surface area contributed by atoms with Crippen molar-refractivity contribution in [3.63, 3.8) is 0 Å². The highest BCUT2D eigenvalue weighted by molar-refractivity contribution is 6.00. The Morgan fingerprint density at radius 1 is 1.06 bits per heavy atom. The molecule has 160 valence electrons. The quantitative estimate of drug-likeness (QED) is 0.528. The summed E-state index contributed by atoms with van der Waals surface area (Å²) in [6.45, 7) is 0. The summed E-state index contributed by atoms with van der Waals surface area (Å²) in [5.41, 5.74) is 1.93. The molecule has 1 fully saturated rings. The number of carbonyl (C=O) groups excluding carboxylic acids is 2. The molecule has 1 aromatic heterocycles. The highest BCUT2D eigenvalue weighted by Crippen LogP contribution is 2.36. The molecule has 1 heterocycles. The van der Waals surface area contributed by atoms with Gasteiger partial charge in [-0.3, -0.25) is 9.59 Å². The Hall–Kier alpha value is -3.75. The minimum absolute atomic E-state index is 0.0667. The number of ketones is 1. The smallest absolute Gasteiger partial charge is 0.224 e. The Bertz CT molecular complexity index is 1110. The summed E-state index contributed by atoms with van der Waals surface area (Å²) < 4.78 is 12.2. The summed E-state index contributed by atoms with van der Waals surface area (Å²) in [4.78, 5) is 24.9. The fourth-order valence-electron chi connectivity index (χ4n) is 3.29. The van der Waals surface area contributed by atoms with Crippen molar-refractivity contribution in [1.82, 2.24) is 20.2 Å². The van der Waals surface area contributed by atoms with Crippen LogP contribution in [0.1, 0.15) is 42.1 Å². The topological polar surface area (TPSA) is 108 Å². The van der Waals surface area contributed by atoms with E-state index in [0.717, 1.165) is 18.4 Å². The standard InChI is InChI=1S/C22H23N5O4/c1-30-19-10-6-14(13-20(19)31-2)18(28)9-11-21(29)23-16-5-3-4-15(12-16)22-24-25-26-27(22)17-7-8-17/h3-6,10,12-13,17H,7-9,11H2,1-2H3,(H,23,29). The largest absolute Gasteiger partial charge is 0.493 e. The molecule has 0 aliphatic heterocycles. The van der Waals surface area contributed by atoms with E-state index in [1.165, 1.54) is 14.2 Å². The maximum atomic E-state index is 12.5. The molecule has 9 nitrogen and oxygen atoms in total. The van der Waals surface area contributed by atoms with E-state index in [1.54, 1.807) is 24.3 Å². The van der Waals surface area contributed by atoms with Crippen LogP contribution in [-0.2, 0) is 4.79 Å². The number of benzene rings is 2. The number of tetrazole rings is 1. The second kappa shape index (κ2) is 8.95. The molecule has 4 rings (SSSR count). The third-order valence-electron chi connectivity index (χ3n) is 5.07. The van der Waals surface area contributed by atoms with E-state index in [9.17, 15) is 9.59 Å². The summed E-state index contributed by atoms with van der Waals surface area (Å²) in [5.74, 6) is 1.32. The van der Waals surface area contributed by atoms with Crippen molar-refractivity contribution in [3.8, 4) is 22.9 Å². The van der Waals surface area contributed by atoms with Gasteiger partial charge >= 0.3 is 0 Å². The Morgan fingerprint density at radius 3 is 2.61 bits per heavy atom. The van der Waals surface area contributed by atoms with Crippen LogP contribution in [0.15, 0.2) is 42.5 Å². The second-order valence-electron chi connectivity index (χ2n) is 7.30. The predicted octanol–water partition coefficient (Wildman–Crippen LogP) is 3.29. The zero-order valence-electron chi connectivity index (χ0n) is 17.4. The van der Waals surface area contributed by atoms with Crippen LogP contribution in [0.25, 0.3) is 11.4 Å². The number of hydrogen-bond acceptors (Lipinski definition) is 7. The Morgan fingerprint density at radius 2 is 1.87 bits per heavy atom. The van der Waals surface area contributed by atoms with E-state index in [2.05, 4.69) is 20.8 Å². The summed E-state index contributed by atoms with van der Waals surface area (Å²) >= 11 is 0. The van der Waals surface area contributed by atoms with E-state index in [4.69, 9.17) is 9.47 Å². The first-order chi connectivity index (χ1) is 15.1. The molecule has 1 N–H and O–H groups in total. The molecular weight excluding hydrogens is 398 g/mol. The van der Waals surface area contributed by atoms with E-state index >= 15 is 0 Å². The van der Waals surface area contributed by atoms with Gasteiger partial charge in [-0.1, -0.05) is 12.1 Å². The maximum absolute atomic E-state index is 12.5. The van der Waals surface area contributed by atoms with Crippen molar-refractivity contribution in [2.75, 3.05) is 19.5 Å². The summed E-state index contributed by atoms with van der Waals surface area (Å²) in [6.07, 6.45) is 2.29. The first kappa shape index (κ1) is 20.5. The molecule has 2 aromatic carbocycles. The van der Waals surface area contributed by atoms with Gasteiger partial charge in [0.15, 0.2) is 23.1 Å². The number of methoxy groups -OCH3 is 2. The normalized spacial score (nSPS) is 13.0. The average molecular weight is 421 g/mol. The molecule has 0 spiro atoms. The molecule has 1 aliphatic carbocycles. The highest BCUT2D eigenvalue weighted by atomic mass is 16.5. The van der Waals surface area contributed by atoms with Crippen molar-refractivity contribution in [2.24, 2.45) is 0 Å². The van der Waals surface area contributed by atoms with Crippen LogP contribution in [-0.4, -0.2) is 46.1 Å². The molecule has 1 saturated carbocycles. The van der Waals surface area contributed by atoms with Gasteiger partial charge in [0, 0.05) is 29.7 Å². The van der Waals surface area contributed by atoms with Crippen molar-refractivity contribution < 1.29 is 19.1 Å². The number of aromatic nitrogens is 4. The van der Waals surface area contributed by atoms with Gasteiger partial charge in [-0.2, -0.15) is 0 Å². The van der Waals surface area contributed by atoms with Crippen molar-refractivity contribution >= 4 is 17.4 Å². The Labute approximate surface area is 179 Å². The summed E-state index contributed by atoms with van der Waals surface area (Å²) in [5, 5.41) is 14.8. The lowest BCUT2D eigenvalue weighted by Crippen LogP contribution is -2.13. The zero-order valence-corrected chi connectivity index (χ0v) is 17.4. The van der Waals surface area contributed by atoms with Crippen LogP contribution < -0.4 is 14.8 Å². The van der Waals surface area contributed by atoms with Crippen molar-refractivity contribution in [3.05, 3.63) is 48.0 Å². The lowest BCUT2D eigenvalue weighted by molar-refractivity contribution is -0.116. The SMILES string of the molecule is COc1ccc(C(=O)CCC(=O)Nc2cccc(-c3nnnn3C3CC3)c2)cc1OC. The highest BCUT2D eigenvalue weighted by Gasteiger charge is 2.28. The lowest BCUT2D eigenvalue weighted by Gasteiger charge is -2.09. The number of ether oxygens (including phenoxy) is 2. The zero-order chi connectivity index (χ0) is 21.8. The van der Waals surface area contributed by atoms with Gasteiger partial charge in [-0.05, 0) is 53.6 Å². The first-order valence-electron chi connectivity index (χ1n) is 10.0. The third kappa shape index (κ3) is 4.71. The molecule has 0 bridgehead atoms. The Balaban J connectivity index is 1.37. The summed E-state index contributed by atoms with van der Waals surface area (Å²) in [7, 11) is 3.04. The molecule has 0 radical (unpaired) electrons. The molecule has 0 saturated heterocycles. The van der Waals surface area contributed by atoms with E-state index in [0.29, 0.717) is 34.6 Å². The van der Waals surface area contributed by atoms with Gasteiger partial charge < -0.3 is 14.8 Å². The molecule has 9 heteroatoms. The molecule has 0 unspecified atom stereocenters.